The summed E-state index contributed by atoms with van der Waals surface area (Å²) in [5.74, 6) is 0.597. The van der Waals surface area contributed by atoms with Crippen LogP contribution < -0.4 is 4.90 Å². The predicted molar refractivity (Wildman–Crippen MR) is 94.5 cm³/mol. The van der Waals surface area contributed by atoms with Crippen molar-refractivity contribution in [1.82, 2.24) is 9.97 Å². The van der Waals surface area contributed by atoms with Crippen molar-refractivity contribution < 1.29 is 9.34 Å². The standard InChI is InChI=1S/C18H14N4O3/c1-21(10-12-6-2-4-8-14(12)22(23)24)18-17-16(19-11-20-18)13-7-3-5-9-15(13)25-17/h2-9,11H,10H2,1H3. The van der Waals surface area contributed by atoms with Gasteiger partial charge in [0.1, 0.15) is 17.4 Å². The number of anilines is 1. The van der Waals surface area contributed by atoms with Crippen molar-refractivity contribution in [2.24, 2.45) is 0 Å². The van der Waals surface area contributed by atoms with Gasteiger partial charge in [-0.25, -0.2) is 9.97 Å². The van der Waals surface area contributed by atoms with Crippen molar-refractivity contribution in [3.8, 4) is 0 Å². The van der Waals surface area contributed by atoms with Gasteiger partial charge in [-0.05, 0) is 12.1 Å². The molecule has 2 aromatic carbocycles. The Morgan fingerprint density at radius 1 is 1.12 bits per heavy atom. The molecule has 0 bridgehead atoms. The zero-order valence-corrected chi connectivity index (χ0v) is 13.4. The number of hydrogen-bond acceptors (Lipinski definition) is 6. The number of aromatic nitrogens is 2. The van der Waals surface area contributed by atoms with Crippen LogP contribution in [0, 0.1) is 10.1 Å². The number of nitrogens with zero attached hydrogens (tertiary/aromatic N) is 4. The molecule has 0 amide bonds. The number of para-hydroxylation sites is 2. The molecular weight excluding hydrogens is 320 g/mol. The van der Waals surface area contributed by atoms with Gasteiger partial charge in [-0.15, -0.1) is 0 Å². The van der Waals surface area contributed by atoms with Gasteiger partial charge in [0.2, 0.25) is 0 Å². The molecule has 0 aliphatic heterocycles. The van der Waals surface area contributed by atoms with E-state index in [1.54, 1.807) is 18.2 Å². The number of hydrogen-bond donors (Lipinski definition) is 0. The molecular formula is C18H14N4O3. The van der Waals surface area contributed by atoms with Gasteiger partial charge in [0.05, 0.1) is 11.5 Å². The molecule has 124 valence electrons. The monoisotopic (exact) mass is 334 g/mol. The van der Waals surface area contributed by atoms with Crippen LogP contribution in [0.5, 0.6) is 0 Å². The molecule has 0 spiro atoms. The van der Waals surface area contributed by atoms with E-state index >= 15 is 0 Å². The Balaban J connectivity index is 1.78. The van der Waals surface area contributed by atoms with E-state index in [4.69, 9.17) is 4.42 Å². The molecule has 25 heavy (non-hydrogen) atoms. The van der Waals surface area contributed by atoms with Crippen molar-refractivity contribution in [1.29, 1.82) is 0 Å². The van der Waals surface area contributed by atoms with E-state index in [9.17, 15) is 10.1 Å². The first-order valence-electron chi connectivity index (χ1n) is 7.71. The smallest absolute Gasteiger partial charge is 0.274 e. The fourth-order valence-electron chi connectivity index (χ4n) is 2.94. The van der Waals surface area contributed by atoms with Gasteiger partial charge in [-0.2, -0.15) is 0 Å². The fraction of sp³-hybridized carbons (Fsp3) is 0.111. The van der Waals surface area contributed by atoms with Crippen LogP contribution in [0.1, 0.15) is 5.56 Å². The summed E-state index contributed by atoms with van der Waals surface area (Å²) in [6, 6.07) is 14.3. The maximum atomic E-state index is 11.2. The van der Waals surface area contributed by atoms with Gasteiger partial charge in [-0.3, -0.25) is 10.1 Å². The molecule has 7 heteroatoms. The minimum Gasteiger partial charge on any atom is -0.450 e. The highest BCUT2D eigenvalue weighted by molar-refractivity contribution is 6.05. The molecule has 7 nitrogen and oxygen atoms in total. The van der Waals surface area contributed by atoms with Crippen molar-refractivity contribution in [3.05, 3.63) is 70.5 Å². The number of benzene rings is 2. The van der Waals surface area contributed by atoms with Crippen LogP contribution in [0.4, 0.5) is 11.5 Å². The van der Waals surface area contributed by atoms with Crippen LogP contribution in [0.3, 0.4) is 0 Å². The van der Waals surface area contributed by atoms with E-state index in [0.29, 0.717) is 23.5 Å². The summed E-state index contributed by atoms with van der Waals surface area (Å²) in [5.41, 5.74) is 2.74. The third-order valence-electron chi connectivity index (χ3n) is 4.10. The number of fused-ring (bicyclic) bond motifs is 3. The van der Waals surface area contributed by atoms with Crippen molar-refractivity contribution in [3.63, 3.8) is 0 Å². The Morgan fingerprint density at radius 3 is 2.72 bits per heavy atom. The van der Waals surface area contributed by atoms with Crippen LogP contribution in [0.25, 0.3) is 22.1 Å². The second-order valence-electron chi connectivity index (χ2n) is 5.72. The molecule has 0 N–H and O–H groups in total. The first-order chi connectivity index (χ1) is 12.1. The van der Waals surface area contributed by atoms with Crippen LogP contribution in [-0.4, -0.2) is 21.9 Å². The molecule has 4 aromatic rings. The largest absolute Gasteiger partial charge is 0.450 e. The topological polar surface area (TPSA) is 85.3 Å². The third-order valence-corrected chi connectivity index (χ3v) is 4.10. The zero-order valence-electron chi connectivity index (χ0n) is 13.4. The Morgan fingerprint density at radius 2 is 1.88 bits per heavy atom. The third kappa shape index (κ3) is 2.55. The molecule has 0 saturated carbocycles. The lowest BCUT2D eigenvalue weighted by atomic mass is 10.1. The molecule has 2 aromatic heterocycles. The fourth-order valence-corrected chi connectivity index (χ4v) is 2.94. The highest BCUT2D eigenvalue weighted by Gasteiger charge is 2.19. The van der Waals surface area contributed by atoms with E-state index in [1.165, 1.54) is 12.4 Å². The molecule has 0 aliphatic carbocycles. The molecule has 2 heterocycles. The summed E-state index contributed by atoms with van der Waals surface area (Å²) in [5, 5.41) is 12.1. The SMILES string of the molecule is CN(Cc1ccccc1[N+](=O)[O-])c1ncnc2c1oc1ccccc12. The Labute approximate surface area is 142 Å². The molecule has 0 unspecified atom stereocenters. The maximum Gasteiger partial charge on any atom is 0.274 e. The molecule has 0 saturated heterocycles. The minimum absolute atomic E-state index is 0.0873. The van der Waals surface area contributed by atoms with Gasteiger partial charge in [-0.1, -0.05) is 30.3 Å². The first-order valence-corrected chi connectivity index (χ1v) is 7.71. The lowest BCUT2D eigenvalue weighted by molar-refractivity contribution is -0.385. The van der Waals surface area contributed by atoms with Crippen LogP contribution in [-0.2, 0) is 6.54 Å². The van der Waals surface area contributed by atoms with Gasteiger partial charge in [0, 0.05) is 24.1 Å². The number of nitro benzene ring substituents is 1. The molecule has 0 aliphatic rings. The van der Waals surface area contributed by atoms with Crippen molar-refractivity contribution in [2.45, 2.75) is 6.54 Å². The van der Waals surface area contributed by atoms with Crippen molar-refractivity contribution in [2.75, 3.05) is 11.9 Å². The average Bonchev–Trinajstić information content (AvgIpc) is 3.00. The number of furan rings is 1. The number of rotatable bonds is 4. The second kappa shape index (κ2) is 5.86. The Hall–Kier alpha value is -3.48. The Bertz CT molecular complexity index is 1090. The normalized spacial score (nSPS) is 11.1. The zero-order chi connectivity index (χ0) is 17.4. The summed E-state index contributed by atoms with van der Waals surface area (Å²) in [4.78, 5) is 21.3. The highest BCUT2D eigenvalue weighted by atomic mass is 16.6. The van der Waals surface area contributed by atoms with Gasteiger partial charge in [0.15, 0.2) is 11.4 Å². The molecule has 0 radical (unpaired) electrons. The van der Waals surface area contributed by atoms with Crippen LogP contribution >= 0.6 is 0 Å². The number of nitro groups is 1. The first kappa shape index (κ1) is 15.1. The summed E-state index contributed by atoms with van der Waals surface area (Å²) < 4.78 is 5.92. The maximum absolute atomic E-state index is 11.2. The molecule has 4 rings (SSSR count). The highest BCUT2D eigenvalue weighted by Crippen LogP contribution is 2.32. The van der Waals surface area contributed by atoms with Gasteiger partial charge in [0.25, 0.3) is 5.69 Å². The molecule has 0 atom stereocenters. The summed E-state index contributed by atoms with van der Waals surface area (Å²) >= 11 is 0. The average molecular weight is 334 g/mol. The van der Waals surface area contributed by atoms with E-state index in [2.05, 4.69) is 9.97 Å². The summed E-state index contributed by atoms with van der Waals surface area (Å²) in [6.07, 6.45) is 1.48. The quantitative estimate of drug-likeness (QED) is 0.415. The lowest BCUT2D eigenvalue weighted by Gasteiger charge is -2.17. The van der Waals surface area contributed by atoms with E-state index < -0.39 is 0 Å². The van der Waals surface area contributed by atoms with E-state index in [-0.39, 0.29) is 10.6 Å². The summed E-state index contributed by atoms with van der Waals surface area (Å²) in [7, 11) is 1.83. The molecule has 0 fully saturated rings. The van der Waals surface area contributed by atoms with Crippen LogP contribution in [0.2, 0.25) is 0 Å². The van der Waals surface area contributed by atoms with Crippen LogP contribution in [0.15, 0.2) is 59.3 Å². The predicted octanol–water partition coefficient (Wildman–Crippen LogP) is 3.92. The minimum atomic E-state index is -0.375. The van der Waals surface area contributed by atoms with E-state index in [0.717, 1.165) is 16.5 Å². The van der Waals surface area contributed by atoms with Gasteiger partial charge >= 0.3 is 0 Å². The Kier molecular flexibility index (Phi) is 3.53. The van der Waals surface area contributed by atoms with E-state index in [1.807, 2.05) is 36.2 Å². The second-order valence-corrected chi connectivity index (χ2v) is 5.72. The summed E-state index contributed by atoms with van der Waals surface area (Å²) in [6.45, 7) is 0.334. The van der Waals surface area contributed by atoms with Crippen molar-refractivity contribution >= 4 is 33.6 Å². The van der Waals surface area contributed by atoms with Gasteiger partial charge < -0.3 is 9.32 Å². The lowest BCUT2D eigenvalue weighted by Crippen LogP contribution is -2.18.